The van der Waals surface area contributed by atoms with Gasteiger partial charge in [0.1, 0.15) is 17.1 Å². The molecule has 0 unspecified atom stereocenters. The van der Waals surface area contributed by atoms with Crippen molar-refractivity contribution in [3.8, 4) is 11.5 Å². The molecule has 3 aromatic rings. The number of ether oxygens (including phenoxy) is 1. The van der Waals surface area contributed by atoms with Gasteiger partial charge in [0.05, 0.1) is 0 Å². The molecule has 0 spiro atoms. The minimum Gasteiger partial charge on any atom is -0.457 e. The molecule has 5 heteroatoms. The van der Waals surface area contributed by atoms with Crippen molar-refractivity contribution in [1.29, 1.82) is 0 Å². The fourth-order valence-corrected chi connectivity index (χ4v) is 2.05. The minimum absolute atomic E-state index is 0.127. The number of carbonyl (C=O) groups excluding carboxylic acids is 1. The number of rotatable bonds is 3. The lowest BCUT2D eigenvalue weighted by atomic mass is 10.2. The van der Waals surface area contributed by atoms with Crippen LogP contribution in [0, 0.1) is 0 Å². The Balaban J connectivity index is 0.00000100. The molecule has 1 aromatic heterocycles. The highest BCUT2D eigenvalue weighted by Gasteiger charge is 2.03. The van der Waals surface area contributed by atoms with Crippen molar-refractivity contribution in [2.24, 2.45) is 0 Å². The van der Waals surface area contributed by atoms with E-state index in [1.807, 2.05) is 19.9 Å². The van der Waals surface area contributed by atoms with E-state index in [1.54, 1.807) is 42.5 Å². The van der Waals surface area contributed by atoms with E-state index < -0.39 is 5.63 Å². The summed E-state index contributed by atoms with van der Waals surface area (Å²) >= 11 is 0. The van der Waals surface area contributed by atoms with E-state index >= 15 is 0 Å². The van der Waals surface area contributed by atoms with Gasteiger partial charge in [0.2, 0.25) is 5.91 Å². The Hall–Kier alpha value is -3.08. The fraction of sp³-hybridized carbons (Fsp3) is 0.158. The first kappa shape index (κ1) is 17.3. The number of anilines is 1. The van der Waals surface area contributed by atoms with E-state index in [-0.39, 0.29) is 5.91 Å². The topological polar surface area (TPSA) is 68.5 Å². The summed E-state index contributed by atoms with van der Waals surface area (Å²) < 4.78 is 10.8. The average molecular weight is 325 g/mol. The van der Waals surface area contributed by atoms with Gasteiger partial charge in [-0.2, -0.15) is 0 Å². The van der Waals surface area contributed by atoms with E-state index in [0.29, 0.717) is 22.8 Å². The third-order valence-electron chi connectivity index (χ3n) is 3.00. The number of hydrogen-bond acceptors (Lipinski definition) is 4. The second kappa shape index (κ2) is 7.97. The summed E-state index contributed by atoms with van der Waals surface area (Å²) in [6.45, 7) is 5.45. The van der Waals surface area contributed by atoms with Gasteiger partial charge in [-0.3, -0.25) is 4.79 Å². The summed E-state index contributed by atoms with van der Waals surface area (Å²) in [5.74, 6) is 1.05. The van der Waals surface area contributed by atoms with Gasteiger partial charge >= 0.3 is 5.63 Å². The highest BCUT2D eigenvalue weighted by Crippen LogP contribution is 2.26. The monoisotopic (exact) mass is 325 g/mol. The smallest absolute Gasteiger partial charge is 0.336 e. The van der Waals surface area contributed by atoms with Crippen LogP contribution in [0.15, 0.2) is 63.8 Å². The van der Waals surface area contributed by atoms with Gasteiger partial charge in [-0.05, 0) is 42.5 Å². The number of benzene rings is 2. The van der Waals surface area contributed by atoms with E-state index in [0.717, 1.165) is 5.39 Å². The van der Waals surface area contributed by atoms with Crippen LogP contribution in [0.3, 0.4) is 0 Å². The molecule has 124 valence electrons. The lowest BCUT2D eigenvalue weighted by Gasteiger charge is -2.07. The molecule has 1 amide bonds. The van der Waals surface area contributed by atoms with Crippen molar-refractivity contribution >= 4 is 22.6 Å². The Morgan fingerprint density at radius 2 is 1.58 bits per heavy atom. The quantitative estimate of drug-likeness (QED) is 0.716. The maximum atomic E-state index is 11.2. The molecule has 5 nitrogen and oxygen atoms in total. The van der Waals surface area contributed by atoms with Gasteiger partial charge in [0.15, 0.2) is 0 Å². The first-order valence-corrected chi connectivity index (χ1v) is 7.69. The van der Waals surface area contributed by atoms with Gasteiger partial charge in [-0.1, -0.05) is 13.8 Å². The summed E-state index contributed by atoms with van der Waals surface area (Å²) in [7, 11) is 0. The number of carbonyl (C=O) groups is 1. The maximum absolute atomic E-state index is 11.2. The molecule has 0 atom stereocenters. The molecule has 0 saturated heterocycles. The molecule has 0 fully saturated rings. The van der Waals surface area contributed by atoms with Gasteiger partial charge in [0, 0.05) is 30.1 Å². The van der Waals surface area contributed by atoms with Crippen molar-refractivity contribution in [2.45, 2.75) is 20.8 Å². The van der Waals surface area contributed by atoms with Crippen LogP contribution in [-0.2, 0) is 4.79 Å². The van der Waals surface area contributed by atoms with Crippen LogP contribution in [0.4, 0.5) is 5.69 Å². The Morgan fingerprint density at radius 1 is 0.958 bits per heavy atom. The fourth-order valence-electron chi connectivity index (χ4n) is 2.05. The number of hydrogen-bond donors (Lipinski definition) is 1. The number of nitrogens with one attached hydrogen (secondary N) is 1. The largest absolute Gasteiger partial charge is 0.457 e. The molecule has 0 aliphatic rings. The van der Waals surface area contributed by atoms with Gasteiger partial charge < -0.3 is 14.5 Å². The van der Waals surface area contributed by atoms with Gasteiger partial charge in [0.25, 0.3) is 0 Å². The lowest BCUT2D eigenvalue weighted by molar-refractivity contribution is -0.114. The second-order valence-corrected chi connectivity index (χ2v) is 4.76. The molecular weight excluding hydrogens is 306 g/mol. The van der Waals surface area contributed by atoms with Crippen molar-refractivity contribution in [3.63, 3.8) is 0 Å². The summed E-state index contributed by atoms with van der Waals surface area (Å²) in [5.41, 5.74) is 0.772. The van der Waals surface area contributed by atoms with Crippen molar-refractivity contribution in [3.05, 3.63) is 65.0 Å². The zero-order chi connectivity index (χ0) is 17.5. The van der Waals surface area contributed by atoms with Crippen LogP contribution in [0.5, 0.6) is 11.5 Å². The molecule has 1 N–H and O–H groups in total. The Labute approximate surface area is 139 Å². The van der Waals surface area contributed by atoms with Crippen molar-refractivity contribution in [1.82, 2.24) is 0 Å². The van der Waals surface area contributed by atoms with E-state index in [1.165, 1.54) is 13.0 Å². The molecule has 2 aromatic carbocycles. The van der Waals surface area contributed by atoms with Crippen LogP contribution < -0.4 is 15.7 Å². The molecule has 1 heterocycles. The van der Waals surface area contributed by atoms with Gasteiger partial charge in [-0.15, -0.1) is 0 Å². The second-order valence-electron chi connectivity index (χ2n) is 4.76. The number of fused-ring (bicyclic) bond motifs is 1. The van der Waals surface area contributed by atoms with Crippen LogP contribution >= 0.6 is 0 Å². The van der Waals surface area contributed by atoms with E-state index in [9.17, 15) is 9.59 Å². The molecular formula is C19H19NO4. The standard InChI is InChI=1S/C17H13NO4.C2H6/c1-11(19)18-13-4-7-14(8-5-13)21-15-6-2-12-3-9-17(20)22-16(12)10-15;1-2/h2-10H,1H3,(H,18,19);1-2H3. The third-order valence-corrected chi connectivity index (χ3v) is 3.00. The predicted octanol–water partition coefficient (Wildman–Crippen LogP) is 4.57. The summed E-state index contributed by atoms with van der Waals surface area (Å²) in [4.78, 5) is 22.2. The molecule has 0 aliphatic carbocycles. The van der Waals surface area contributed by atoms with Crippen LogP contribution in [0.25, 0.3) is 11.0 Å². The van der Waals surface area contributed by atoms with Crippen LogP contribution in [-0.4, -0.2) is 5.91 Å². The third kappa shape index (κ3) is 4.46. The van der Waals surface area contributed by atoms with Crippen LogP contribution in [0.2, 0.25) is 0 Å². The highest BCUT2D eigenvalue weighted by molar-refractivity contribution is 5.88. The van der Waals surface area contributed by atoms with Gasteiger partial charge in [-0.25, -0.2) is 4.79 Å². The Kier molecular flexibility index (Phi) is 5.73. The summed E-state index contributed by atoms with van der Waals surface area (Å²) in [6.07, 6.45) is 0. The minimum atomic E-state index is -0.399. The zero-order valence-electron chi connectivity index (χ0n) is 13.8. The predicted molar refractivity (Wildman–Crippen MR) is 94.7 cm³/mol. The zero-order valence-corrected chi connectivity index (χ0v) is 13.8. The maximum Gasteiger partial charge on any atom is 0.336 e. The molecule has 0 saturated carbocycles. The average Bonchev–Trinajstić information content (AvgIpc) is 2.58. The first-order valence-electron chi connectivity index (χ1n) is 7.69. The highest BCUT2D eigenvalue weighted by atomic mass is 16.5. The van der Waals surface area contributed by atoms with E-state index in [2.05, 4.69) is 5.32 Å². The van der Waals surface area contributed by atoms with Crippen molar-refractivity contribution < 1.29 is 13.9 Å². The summed E-state index contributed by atoms with van der Waals surface area (Å²) in [6, 6.07) is 15.3. The Morgan fingerprint density at radius 3 is 2.25 bits per heavy atom. The normalized spacial score (nSPS) is 9.79. The molecule has 0 bridgehead atoms. The number of amides is 1. The molecule has 0 aliphatic heterocycles. The van der Waals surface area contributed by atoms with E-state index in [4.69, 9.17) is 9.15 Å². The Bertz CT molecular complexity index is 882. The SMILES string of the molecule is CC.CC(=O)Nc1ccc(Oc2ccc3ccc(=O)oc3c2)cc1. The molecule has 0 radical (unpaired) electrons. The molecule has 3 rings (SSSR count). The lowest BCUT2D eigenvalue weighted by Crippen LogP contribution is -2.05. The molecule has 24 heavy (non-hydrogen) atoms. The first-order chi connectivity index (χ1) is 11.6. The summed E-state index contributed by atoms with van der Waals surface area (Å²) in [5, 5.41) is 3.51. The van der Waals surface area contributed by atoms with Crippen molar-refractivity contribution in [2.75, 3.05) is 5.32 Å². The van der Waals surface area contributed by atoms with Crippen LogP contribution in [0.1, 0.15) is 20.8 Å².